The molecule has 3 aromatic carbocycles. The lowest BCUT2D eigenvalue weighted by molar-refractivity contribution is -0.947. The van der Waals surface area contributed by atoms with E-state index in [1.807, 2.05) is 30.3 Å². The van der Waals surface area contributed by atoms with Crippen LogP contribution in [0.15, 0.2) is 66.7 Å². The Morgan fingerprint density at radius 1 is 0.719 bits per heavy atom. The molecule has 0 spiro atoms. The zero-order valence-electron chi connectivity index (χ0n) is 35.1. The third kappa shape index (κ3) is 12.4. The minimum atomic E-state index is -0.574. The summed E-state index contributed by atoms with van der Waals surface area (Å²) < 4.78 is 40.1. The summed E-state index contributed by atoms with van der Waals surface area (Å²) in [7, 11) is 8.78. The number of hydrogen-bond acceptors (Lipinski definition) is 10. The first kappa shape index (κ1) is 46.8. The maximum atomic E-state index is 12.6. The highest BCUT2D eigenvalue weighted by atomic mass is 16.5. The first-order valence-corrected chi connectivity index (χ1v) is 19.1. The Morgan fingerprint density at radius 3 is 1.84 bits per heavy atom. The molecule has 57 heavy (non-hydrogen) atoms. The second-order valence-electron chi connectivity index (χ2n) is 14.6. The number of benzene rings is 3. The molecule has 314 valence electrons. The number of carbonyl (C=O) groups is 2. The minimum absolute atomic E-state index is 0. The van der Waals surface area contributed by atoms with Gasteiger partial charge >= 0.3 is 11.9 Å². The Labute approximate surface area is 340 Å². The Bertz CT molecular complexity index is 1770. The Morgan fingerprint density at radius 2 is 1.26 bits per heavy atom. The molecule has 0 bridgehead atoms. The average Bonchev–Trinajstić information content (AvgIpc) is 3.21. The number of nitrogens with zero attached hydrogens (tertiary/aromatic N) is 2. The highest BCUT2D eigenvalue weighted by Gasteiger charge is 2.39. The van der Waals surface area contributed by atoms with Gasteiger partial charge in [-0.15, -0.1) is 0 Å². The maximum Gasteiger partial charge on any atom is 0.331 e. The lowest BCUT2D eigenvalue weighted by atomic mass is 9.85. The van der Waals surface area contributed by atoms with E-state index in [9.17, 15) is 14.7 Å². The summed E-state index contributed by atoms with van der Waals surface area (Å²) in [5, 5.41) is 9.76. The van der Waals surface area contributed by atoms with Gasteiger partial charge in [0.25, 0.3) is 0 Å². The number of quaternary nitrogens is 2. The molecule has 0 radical (unpaired) electrons. The molecule has 12 nitrogen and oxygen atoms in total. The Balaban J connectivity index is 0.00000435. The van der Waals surface area contributed by atoms with Crippen LogP contribution in [-0.2, 0) is 49.8 Å². The van der Waals surface area contributed by atoms with Gasteiger partial charge < -0.3 is 62.1 Å². The van der Waals surface area contributed by atoms with Crippen LogP contribution in [0.3, 0.4) is 0 Å². The third-order valence-corrected chi connectivity index (χ3v) is 11.1. The van der Waals surface area contributed by atoms with Crippen LogP contribution < -0.4 is 18.9 Å². The van der Waals surface area contributed by atoms with Gasteiger partial charge in [-0.25, -0.2) is 9.59 Å². The van der Waals surface area contributed by atoms with Crippen LogP contribution >= 0.6 is 0 Å². The van der Waals surface area contributed by atoms with Gasteiger partial charge in [0.1, 0.15) is 25.7 Å². The molecule has 3 aromatic rings. The monoisotopic (exact) mass is 792 g/mol. The summed E-state index contributed by atoms with van der Waals surface area (Å²) >= 11 is 0. The van der Waals surface area contributed by atoms with Gasteiger partial charge in [-0.05, 0) is 47.0 Å². The summed E-state index contributed by atoms with van der Waals surface area (Å²) in [4.78, 5) is 25.0. The van der Waals surface area contributed by atoms with E-state index >= 15 is 0 Å². The molecule has 0 amide bonds. The predicted molar refractivity (Wildman–Crippen MR) is 220 cm³/mol. The molecule has 0 aliphatic carbocycles. The van der Waals surface area contributed by atoms with Gasteiger partial charge in [-0.1, -0.05) is 24.3 Å². The van der Waals surface area contributed by atoms with E-state index in [4.69, 9.17) is 33.2 Å². The fourth-order valence-corrected chi connectivity index (χ4v) is 7.96. The number of morpholine rings is 1. The molecular weight excluding hydrogens is 728 g/mol. The Kier molecular flexibility index (Phi) is 18.3. The number of ether oxygens (including phenoxy) is 7. The smallest absolute Gasteiger partial charge is 0.331 e. The summed E-state index contributed by atoms with van der Waals surface area (Å²) in [5.41, 5.74) is 5.70. The predicted octanol–water partition coefficient (Wildman–Crippen LogP) is 5.87. The zero-order chi connectivity index (χ0) is 39.3. The second kappa shape index (κ2) is 22.4. The van der Waals surface area contributed by atoms with Gasteiger partial charge in [-0.2, -0.15) is 0 Å². The molecular formula is C45H64N2O10. The number of carbonyl (C=O) groups excluding carboxylic acids is 2. The summed E-state index contributed by atoms with van der Waals surface area (Å²) in [6.45, 7) is 6.89. The van der Waals surface area contributed by atoms with E-state index in [-0.39, 0.29) is 40.7 Å². The molecule has 1 fully saturated rings. The van der Waals surface area contributed by atoms with E-state index < -0.39 is 11.9 Å². The van der Waals surface area contributed by atoms with E-state index in [0.717, 1.165) is 89.9 Å². The van der Waals surface area contributed by atoms with Crippen molar-refractivity contribution in [3.8, 4) is 23.0 Å². The van der Waals surface area contributed by atoms with Crippen molar-refractivity contribution in [1.29, 1.82) is 0 Å². The molecule has 2 aliphatic rings. The number of fused-ring (bicyclic) bond motifs is 1. The zero-order valence-corrected chi connectivity index (χ0v) is 35.1. The lowest BCUT2D eigenvalue weighted by Crippen LogP contribution is -2.55. The van der Waals surface area contributed by atoms with Crippen LogP contribution in [0, 0.1) is 14.9 Å². The van der Waals surface area contributed by atoms with Crippen LogP contribution in [0.2, 0.25) is 0 Å². The number of aliphatic hydroxyl groups is 1. The first-order chi connectivity index (χ1) is 26.6. The van der Waals surface area contributed by atoms with Crippen molar-refractivity contribution >= 4 is 11.9 Å². The summed E-state index contributed by atoms with van der Waals surface area (Å²) in [5.74, 6) is 1.62. The van der Waals surface area contributed by atoms with Gasteiger partial charge in [-0.3, -0.25) is 0 Å². The molecule has 2 aliphatic heterocycles. The SMILES string of the molecule is COc1ccc(C[C@@H]2c3ccc(CO)cc3CC[N@@+]2(C)CCCOC(=O)/C=C\C(=O)OCCC[N+]2(Cc3ccc(OC)c(OC)c3)CCOCC2)cc1OC.[CH3-].[CH3-]. The van der Waals surface area contributed by atoms with Gasteiger partial charge in [0.15, 0.2) is 23.0 Å². The van der Waals surface area contributed by atoms with E-state index in [2.05, 4.69) is 31.3 Å². The molecule has 5 rings (SSSR count). The average molecular weight is 793 g/mol. The van der Waals surface area contributed by atoms with Crippen LogP contribution in [0.1, 0.15) is 46.7 Å². The molecule has 1 N–H and O–H groups in total. The number of methoxy groups -OCH3 is 4. The Hall–Kier alpha value is -4.62. The standard InChI is InChI=1S/C43H58N2O10.2CH3/c1-44(19-16-35-26-34(31-46)8-11-36(35)37(44)27-32-9-12-38(49-2)40(28-32)51-4)17-6-22-54-42(47)14-15-43(48)55-23-7-18-45(20-24-53-25-21-45)30-33-10-13-39(50-3)41(29-33)52-5;;/h8-15,26,28-29,37,46H,6-7,16-25,27,30-31H2,1-5H3;2*1H3/q+2;2*-1/b15-14-;;/t37-,44-;;/m1../s1. The molecule has 0 aromatic heterocycles. The molecule has 0 unspecified atom stereocenters. The fraction of sp³-hybridized carbons (Fsp3) is 0.467. The molecule has 2 heterocycles. The first-order valence-electron chi connectivity index (χ1n) is 19.1. The second-order valence-corrected chi connectivity index (χ2v) is 14.6. The summed E-state index contributed by atoms with van der Waals surface area (Å²) in [6.07, 6.45) is 5.27. The largest absolute Gasteiger partial charge is 0.493 e. The number of rotatable bonds is 19. The molecule has 1 saturated heterocycles. The third-order valence-electron chi connectivity index (χ3n) is 11.1. The van der Waals surface area contributed by atoms with Crippen LogP contribution in [0.25, 0.3) is 0 Å². The van der Waals surface area contributed by atoms with Crippen molar-refractivity contribution in [2.45, 2.75) is 44.9 Å². The number of hydrogen-bond donors (Lipinski definition) is 1. The van der Waals surface area contributed by atoms with Gasteiger partial charge in [0.2, 0.25) is 0 Å². The maximum absolute atomic E-state index is 12.6. The van der Waals surface area contributed by atoms with Crippen LogP contribution in [-0.4, -0.2) is 121 Å². The van der Waals surface area contributed by atoms with Crippen molar-refractivity contribution in [3.63, 3.8) is 0 Å². The van der Waals surface area contributed by atoms with E-state index in [0.29, 0.717) is 49.1 Å². The molecule has 2 atom stereocenters. The van der Waals surface area contributed by atoms with E-state index in [1.165, 1.54) is 11.1 Å². The highest BCUT2D eigenvalue weighted by Crippen LogP contribution is 2.39. The normalized spacial score (nSPS) is 18.3. The fourth-order valence-electron chi connectivity index (χ4n) is 7.96. The van der Waals surface area contributed by atoms with Crippen molar-refractivity contribution in [2.75, 3.05) is 94.6 Å². The number of esters is 2. The van der Waals surface area contributed by atoms with Crippen molar-refractivity contribution in [2.24, 2.45) is 0 Å². The lowest BCUT2D eigenvalue weighted by Gasteiger charge is -2.46. The van der Waals surface area contributed by atoms with Crippen molar-refractivity contribution in [1.82, 2.24) is 0 Å². The quantitative estimate of drug-likeness (QED) is 0.0520. The van der Waals surface area contributed by atoms with Crippen LogP contribution in [0.5, 0.6) is 23.0 Å². The van der Waals surface area contributed by atoms with Gasteiger partial charge in [0, 0.05) is 49.0 Å². The van der Waals surface area contributed by atoms with Gasteiger partial charge in [0.05, 0.1) is 88.2 Å². The summed E-state index contributed by atoms with van der Waals surface area (Å²) in [6, 6.07) is 18.4. The topological polar surface area (TPSA) is 119 Å². The van der Waals surface area contributed by atoms with E-state index in [1.54, 1.807) is 28.4 Å². The highest BCUT2D eigenvalue weighted by molar-refractivity contribution is 5.91. The molecule has 12 heteroatoms. The van der Waals surface area contributed by atoms with Crippen molar-refractivity contribution in [3.05, 3.63) is 109 Å². The number of aliphatic hydroxyl groups excluding tert-OH is 1. The minimum Gasteiger partial charge on any atom is -0.493 e. The van der Waals surface area contributed by atoms with Crippen molar-refractivity contribution < 1.29 is 56.8 Å². The number of likely N-dealkylation sites (N-methyl/N-ethyl adjacent to an activating group) is 1. The van der Waals surface area contributed by atoms with Crippen LogP contribution in [0.4, 0.5) is 0 Å². The molecule has 0 saturated carbocycles.